The second-order valence-electron chi connectivity index (χ2n) is 6.50. The van der Waals surface area contributed by atoms with Crippen LogP contribution in [-0.2, 0) is 0 Å². The minimum Gasteiger partial charge on any atom is -1.00 e. The van der Waals surface area contributed by atoms with Crippen molar-refractivity contribution < 1.29 is 57.9 Å². The zero-order valence-corrected chi connectivity index (χ0v) is 17.8. The van der Waals surface area contributed by atoms with Gasteiger partial charge in [0, 0.05) is 6.61 Å². The van der Waals surface area contributed by atoms with Crippen molar-refractivity contribution in [3.05, 3.63) is 0 Å². The summed E-state index contributed by atoms with van der Waals surface area (Å²) in [5.74, 6) is 0.886. The molecular formula is C18H39KO. The maximum absolute atomic E-state index is 8.67. The molecule has 0 aliphatic rings. The molecule has 20 heavy (non-hydrogen) atoms. The fraction of sp³-hybridized carbons (Fsp3) is 1.00. The van der Waals surface area contributed by atoms with Gasteiger partial charge in [0.25, 0.3) is 0 Å². The van der Waals surface area contributed by atoms with E-state index in [9.17, 15) is 0 Å². The summed E-state index contributed by atoms with van der Waals surface area (Å²) in [7, 11) is 0. The molecule has 0 aliphatic heterocycles. The van der Waals surface area contributed by atoms with E-state index in [1.165, 1.54) is 83.5 Å². The molecule has 0 fully saturated rings. The van der Waals surface area contributed by atoms with E-state index in [1.54, 1.807) is 0 Å². The van der Waals surface area contributed by atoms with E-state index < -0.39 is 0 Å². The van der Waals surface area contributed by atoms with E-state index in [1.807, 2.05) is 0 Å². The second kappa shape index (κ2) is 20.6. The summed E-state index contributed by atoms with van der Waals surface area (Å²) < 4.78 is 0. The summed E-state index contributed by atoms with van der Waals surface area (Å²) in [6.07, 6.45) is 19.3. The van der Waals surface area contributed by atoms with Crippen molar-refractivity contribution >= 4 is 0 Å². The first kappa shape index (κ1) is 23.9. The van der Waals surface area contributed by atoms with Crippen LogP contribution in [0.15, 0.2) is 0 Å². The largest absolute Gasteiger partial charge is 1.00 e. The Balaban J connectivity index is -0.00000162. The number of unbranched alkanes of at least 4 members (excludes halogenated alkanes) is 12. The van der Waals surface area contributed by atoms with Gasteiger partial charge in [-0.3, -0.25) is 0 Å². The first-order valence-corrected chi connectivity index (χ1v) is 8.88. The van der Waals surface area contributed by atoms with Crippen LogP contribution in [0.1, 0.15) is 105 Å². The summed E-state index contributed by atoms with van der Waals surface area (Å²) in [5.41, 5.74) is 0. The molecule has 0 saturated carbocycles. The number of rotatable bonds is 15. The zero-order valence-electron chi connectivity index (χ0n) is 15.6. The molecule has 0 aliphatic carbocycles. The molecule has 0 rings (SSSR count). The van der Waals surface area contributed by atoms with Crippen molar-refractivity contribution in [3.8, 4) is 0 Å². The Morgan fingerprint density at radius 1 is 0.600 bits per heavy atom. The summed E-state index contributed by atoms with van der Waals surface area (Å²) in [5, 5.41) is 8.67. The van der Waals surface area contributed by atoms with Gasteiger partial charge in [-0.1, -0.05) is 97.3 Å². The van der Waals surface area contributed by atoms with Gasteiger partial charge in [0.1, 0.15) is 0 Å². The molecule has 0 aromatic carbocycles. The maximum Gasteiger partial charge on any atom is 1.00 e. The first-order chi connectivity index (χ1) is 9.27. The predicted molar refractivity (Wildman–Crippen MR) is 87.7 cm³/mol. The predicted octanol–water partition coefficient (Wildman–Crippen LogP) is 3.21. The van der Waals surface area contributed by atoms with Crippen molar-refractivity contribution in [1.29, 1.82) is 0 Å². The van der Waals surface area contributed by atoms with E-state index in [4.69, 9.17) is 5.11 Å². The molecule has 0 aromatic rings. The van der Waals surface area contributed by atoms with Crippen molar-refractivity contribution in [2.24, 2.45) is 5.92 Å². The molecule has 1 N–H and O–H groups in total. The summed E-state index contributed by atoms with van der Waals surface area (Å²) in [6.45, 7) is 5.02. The van der Waals surface area contributed by atoms with E-state index in [2.05, 4.69) is 13.8 Å². The van der Waals surface area contributed by atoms with Gasteiger partial charge in [-0.2, -0.15) is 0 Å². The SMILES string of the molecule is CC(C)CCCCCCCCCCCCCCCO.[H-].[K+]. The van der Waals surface area contributed by atoms with Gasteiger partial charge in [0.05, 0.1) is 0 Å². The van der Waals surface area contributed by atoms with Gasteiger partial charge in [-0.25, -0.2) is 0 Å². The van der Waals surface area contributed by atoms with E-state index >= 15 is 0 Å². The van der Waals surface area contributed by atoms with E-state index in [-0.39, 0.29) is 52.8 Å². The molecule has 0 spiro atoms. The molecule has 1 nitrogen and oxygen atoms in total. The van der Waals surface area contributed by atoms with Crippen LogP contribution >= 0.6 is 0 Å². The van der Waals surface area contributed by atoms with Gasteiger partial charge >= 0.3 is 51.4 Å². The summed E-state index contributed by atoms with van der Waals surface area (Å²) in [6, 6.07) is 0. The quantitative estimate of drug-likeness (QED) is 0.364. The third-order valence-corrected chi connectivity index (χ3v) is 3.94. The smallest absolute Gasteiger partial charge is 1.00 e. The Kier molecular flexibility index (Phi) is 24.6. The molecule has 2 heteroatoms. The van der Waals surface area contributed by atoms with Crippen LogP contribution in [0.2, 0.25) is 0 Å². The number of hydrogen-bond donors (Lipinski definition) is 1. The maximum atomic E-state index is 8.67. The minimum absolute atomic E-state index is 0. The first-order valence-electron chi connectivity index (χ1n) is 8.88. The number of aliphatic hydroxyl groups excluding tert-OH is 1. The van der Waals surface area contributed by atoms with Crippen LogP contribution in [0, 0.1) is 5.92 Å². The molecular weight excluding hydrogens is 271 g/mol. The standard InChI is InChI=1S/C18H38O.K.H/c1-18(2)16-14-12-10-8-6-4-3-5-7-9-11-13-15-17-19;;/h18-19H,3-17H2,1-2H3;;/q;+1;-1. The van der Waals surface area contributed by atoms with Gasteiger partial charge in [-0.05, 0) is 12.3 Å². The Morgan fingerprint density at radius 3 is 1.20 bits per heavy atom. The van der Waals surface area contributed by atoms with Crippen LogP contribution in [0.25, 0.3) is 0 Å². The molecule has 0 unspecified atom stereocenters. The fourth-order valence-electron chi connectivity index (χ4n) is 2.61. The van der Waals surface area contributed by atoms with Gasteiger partial charge in [0.15, 0.2) is 0 Å². The number of hydrogen-bond acceptors (Lipinski definition) is 1. The molecule has 0 heterocycles. The molecule has 0 atom stereocenters. The number of aliphatic hydroxyl groups is 1. The Hall–Kier alpha value is 1.60. The third kappa shape index (κ3) is 21.9. The molecule has 0 aromatic heterocycles. The fourth-order valence-corrected chi connectivity index (χ4v) is 2.61. The van der Waals surface area contributed by atoms with Crippen LogP contribution in [0.5, 0.6) is 0 Å². The van der Waals surface area contributed by atoms with E-state index in [0.717, 1.165) is 12.3 Å². The summed E-state index contributed by atoms with van der Waals surface area (Å²) in [4.78, 5) is 0. The average molecular weight is 311 g/mol. The topological polar surface area (TPSA) is 20.2 Å². The monoisotopic (exact) mass is 310 g/mol. The zero-order chi connectivity index (χ0) is 14.2. The Labute approximate surface area is 172 Å². The van der Waals surface area contributed by atoms with E-state index in [0.29, 0.717) is 6.61 Å². The van der Waals surface area contributed by atoms with Gasteiger partial charge in [-0.15, -0.1) is 0 Å². The molecule has 0 amide bonds. The summed E-state index contributed by atoms with van der Waals surface area (Å²) >= 11 is 0. The van der Waals surface area contributed by atoms with Crippen LogP contribution in [-0.4, -0.2) is 11.7 Å². The normalized spacial score (nSPS) is 10.8. The second-order valence-corrected chi connectivity index (χ2v) is 6.50. The molecule has 0 saturated heterocycles. The van der Waals surface area contributed by atoms with Crippen molar-refractivity contribution in [2.75, 3.05) is 6.61 Å². The van der Waals surface area contributed by atoms with Crippen LogP contribution in [0.3, 0.4) is 0 Å². The molecule has 0 radical (unpaired) electrons. The Bertz CT molecular complexity index is 165. The van der Waals surface area contributed by atoms with Crippen molar-refractivity contribution in [3.63, 3.8) is 0 Å². The molecule has 0 bridgehead atoms. The third-order valence-electron chi connectivity index (χ3n) is 3.94. The van der Waals surface area contributed by atoms with Gasteiger partial charge in [0.2, 0.25) is 0 Å². The van der Waals surface area contributed by atoms with Crippen LogP contribution in [0.4, 0.5) is 0 Å². The van der Waals surface area contributed by atoms with Crippen LogP contribution < -0.4 is 51.4 Å². The van der Waals surface area contributed by atoms with Gasteiger partial charge < -0.3 is 6.53 Å². The minimum atomic E-state index is 0. The van der Waals surface area contributed by atoms with Crippen molar-refractivity contribution in [2.45, 2.75) is 104 Å². The average Bonchev–Trinajstić information content (AvgIpc) is 2.39. The Morgan fingerprint density at radius 2 is 0.900 bits per heavy atom. The molecule has 118 valence electrons. The van der Waals surface area contributed by atoms with Crippen molar-refractivity contribution in [1.82, 2.24) is 0 Å².